The molecule has 0 saturated carbocycles. The van der Waals surface area contributed by atoms with Crippen LogP contribution in [0.5, 0.6) is 0 Å². The highest BCUT2D eigenvalue weighted by Gasteiger charge is 2.24. The number of amides is 1. The van der Waals surface area contributed by atoms with Gasteiger partial charge in [-0.2, -0.15) is 0 Å². The van der Waals surface area contributed by atoms with Gasteiger partial charge in [0.15, 0.2) is 0 Å². The number of carbonyl (C=O) groups excluding carboxylic acids is 1. The summed E-state index contributed by atoms with van der Waals surface area (Å²) in [5.74, 6) is -0.805. The Morgan fingerprint density at radius 3 is 2.62 bits per heavy atom. The Kier molecular flexibility index (Phi) is 7.50. The summed E-state index contributed by atoms with van der Waals surface area (Å²) in [6, 6.07) is 12.4. The van der Waals surface area contributed by atoms with Gasteiger partial charge in [-0.05, 0) is 35.9 Å². The normalized spacial score (nSPS) is 17.4. The number of hydrogen-bond acceptors (Lipinski definition) is 3. The summed E-state index contributed by atoms with van der Waals surface area (Å²) in [6.45, 7) is 2.89. The summed E-state index contributed by atoms with van der Waals surface area (Å²) < 4.78 is 26.7. The van der Waals surface area contributed by atoms with Gasteiger partial charge in [0.05, 0.1) is 0 Å². The zero-order valence-corrected chi connectivity index (χ0v) is 15.1. The van der Waals surface area contributed by atoms with E-state index in [1.165, 1.54) is 24.3 Å². The van der Waals surface area contributed by atoms with Gasteiger partial charge < -0.3 is 10.6 Å². The van der Waals surface area contributed by atoms with Crippen LogP contribution in [0.4, 0.5) is 14.5 Å². The van der Waals surface area contributed by atoms with Crippen molar-refractivity contribution in [2.24, 2.45) is 0 Å². The van der Waals surface area contributed by atoms with Crippen LogP contribution in [0.3, 0.4) is 0 Å². The summed E-state index contributed by atoms with van der Waals surface area (Å²) in [5, 5.41) is 6.01. The fourth-order valence-electron chi connectivity index (χ4n) is 3.09. The second kappa shape index (κ2) is 9.62. The largest absolute Gasteiger partial charge is 0.326 e. The van der Waals surface area contributed by atoms with Gasteiger partial charge in [-0.3, -0.25) is 9.69 Å². The van der Waals surface area contributed by atoms with Gasteiger partial charge in [0.2, 0.25) is 5.91 Å². The van der Waals surface area contributed by atoms with Gasteiger partial charge in [0.1, 0.15) is 11.6 Å². The molecule has 0 radical (unpaired) electrons. The van der Waals surface area contributed by atoms with E-state index in [0.29, 0.717) is 18.7 Å². The molecule has 4 nitrogen and oxygen atoms in total. The molecule has 0 aliphatic carbocycles. The van der Waals surface area contributed by atoms with Crippen molar-refractivity contribution in [3.63, 3.8) is 0 Å². The first-order chi connectivity index (χ1) is 12.1. The van der Waals surface area contributed by atoms with Crippen molar-refractivity contribution < 1.29 is 13.6 Å². The number of carbonyl (C=O) groups is 1. The fourth-order valence-corrected chi connectivity index (χ4v) is 3.09. The van der Waals surface area contributed by atoms with Crippen molar-refractivity contribution in [3.05, 3.63) is 65.7 Å². The van der Waals surface area contributed by atoms with Gasteiger partial charge in [0.25, 0.3) is 0 Å². The van der Waals surface area contributed by atoms with Crippen LogP contribution in [0.1, 0.15) is 18.0 Å². The standard InChI is InChI=1S/C19H21F2N3O.ClH/c20-15-4-1-3-14(11-15)18-13-22-8-10-24(18)9-7-19(25)23-17-6-2-5-16(21)12-17;/h1-6,11-12,18,22H,7-10,13H2,(H,23,25);1H. The number of piperazine rings is 1. The van der Waals surface area contributed by atoms with Gasteiger partial charge >= 0.3 is 0 Å². The van der Waals surface area contributed by atoms with Crippen LogP contribution in [0, 0.1) is 11.6 Å². The van der Waals surface area contributed by atoms with E-state index < -0.39 is 0 Å². The molecule has 1 aliphatic heterocycles. The molecule has 140 valence electrons. The third-order valence-corrected chi connectivity index (χ3v) is 4.32. The van der Waals surface area contributed by atoms with E-state index in [4.69, 9.17) is 0 Å². The summed E-state index contributed by atoms with van der Waals surface area (Å²) in [7, 11) is 0. The van der Waals surface area contributed by atoms with Crippen molar-refractivity contribution in [2.75, 3.05) is 31.5 Å². The smallest absolute Gasteiger partial charge is 0.225 e. The highest BCUT2D eigenvalue weighted by molar-refractivity contribution is 5.90. The van der Waals surface area contributed by atoms with Gasteiger partial charge in [0, 0.05) is 44.3 Å². The number of nitrogens with one attached hydrogen (secondary N) is 2. The molecule has 7 heteroatoms. The minimum absolute atomic E-state index is 0. The monoisotopic (exact) mass is 381 g/mol. The van der Waals surface area contributed by atoms with Gasteiger partial charge in [-0.25, -0.2) is 8.78 Å². The second-order valence-corrected chi connectivity index (χ2v) is 6.12. The van der Waals surface area contributed by atoms with Crippen LogP contribution in [0.25, 0.3) is 0 Å². The van der Waals surface area contributed by atoms with Crippen LogP contribution < -0.4 is 10.6 Å². The predicted molar refractivity (Wildman–Crippen MR) is 100 cm³/mol. The maximum Gasteiger partial charge on any atom is 0.225 e. The second-order valence-electron chi connectivity index (χ2n) is 6.12. The molecule has 1 atom stereocenters. The SMILES string of the molecule is Cl.O=C(CCN1CCNCC1c1cccc(F)c1)Nc1cccc(F)c1. The molecule has 2 aromatic rings. The molecule has 0 spiro atoms. The minimum atomic E-state index is -0.383. The predicted octanol–water partition coefficient (Wildman–Crippen LogP) is 3.36. The molecule has 1 aliphatic rings. The van der Waals surface area contributed by atoms with E-state index in [-0.39, 0.29) is 36.0 Å². The van der Waals surface area contributed by atoms with Crippen molar-refractivity contribution in [1.82, 2.24) is 10.2 Å². The maximum absolute atomic E-state index is 13.5. The Labute approximate surface area is 158 Å². The van der Waals surface area contributed by atoms with Crippen molar-refractivity contribution >= 4 is 24.0 Å². The Balaban J connectivity index is 0.00000243. The van der Waals surface area contributed by atoms with Crippen LogP contribution in [0.15, 0.2) is 48.5 Å². The van der Waals surface area contributed by atoms with Crippen molar-refractivity contribution in [1.29, 1.82) is 0 Å². The number of benzene rings is 2. The fraction of sp³-hybridized carbons (Fsp3) is 0.316. The van der Waals surface area contributed by atoms with Crippen LogP contribution >= 0.6 is 12.4 Å². The number of halogens is 3. The molecule has 0 bridgehead atoms. The molecular weight excluding hydrogens is 360 g/mol. The lowest BCUT2D eigenvalue weighted by atomic mass is 10.0. The molecule has 1 saturated heterocycles. The lowest BCUT2D eigenvalue weighted by Crippen LogP contribution is -2.46. The van der Waals surface area contributed by atoms with Gasteiger partial charge in [-0.1, -0.05) is 18.2 Å². The van der Waals surface area contributed by atoms with Gasteiger partial charge in [-0.15, -0.1) is 12.4 Å². The van der Waals surface area contributed by atoms with Crippen LogP contribution in [-0.4, -0.2) is 37.0 Å². The van der Waals surface area contributed by atoms with E-state index in [2.05, 4.69) is 15.5 Å². The van der Waals surface area contributed by atoms with E-state index in [1.807, 2.05) is 6.07 Å². The third-order valence-electron chi connectivity index (χ3n) is 4.32. The van der Waals surface area contributed by atoms with Crippen molar-refractivity contribution in [2.45, 2.75) is 12.5 Å². The van der Waals surface area contributed by atoms with Crippen LogP contribution in [0.2, 0.25) is 0 Å². The number of hydrogen-bond donors (Lipinski definition) is 2. The average Bonchev–Trinajstić information content (AvgIpc) is 2.60. The highest BCUT2D eigenvalue weighted by Crippen LogP contribution is 2.23. The number of nitrogens with zero attached hydrogens (tertiary/aromatic N) is 1. The summed E-state index contributed by atoms with van der Waals surface area (Å²) in [4.78, 5) is 14.3. The Bertz CT molecular complexity index is 744. The van der Waals surface area contributed by atoms with E-state index in [1.54, 1.807) is 18.2 Å². The molecule has 3 rings (SSSR count). The van der Waals surface area contributed by atoms with Crippen molar-refractivity contribution in [3.8, 4) is 0 Å². The lowest BCUT2D eigenvalue weighted by molar-refractivity contribution is -0.116. The average molecular weight is 382 g/mol. The molecule has 1 fully saturated rings. The lowest BCUT2D eigenvalue weighted by Gasteiger charge is -2.36. The van der Waals surface area contributed by atoms with E-state index in [9.17, 15) is 13.6 Å². The first kappa shape index (κ1) is 20.3. The Morgan fingerprint density at radius 2 is 1.88 bits per heavy atom. The Hall–Kier alpha value is -2.02. The quantitative estimate of drug-likeness (QED) is 0.834. The molecule has 1 heterocycles. The molecule has 1 amide bonds. The van der Waals surface area contributed by atoms with E-state index >= 15 is 0 Å². The zero-order valence-electron chi connectivity index (χ0n) is 14.3. The number of rotatable bonds is 5. The molecule has 2 aromatic carbocycles. The molecule has 2 N–H and O–H groups in total. The third kappa shape index (κ3) is 5.49. The highest BCUT2D eigenvalue weighted by atomic mass is 35.5. The summed E-state index contributed by atoms with van der Waals surface area (Å²) in [5.41, 5.74) is 1.35. The van der Waals surface area contributed by atoms with E-state index in [0.717, 1.165) is 25.2 Å². The summed E-state index contributed by atoms with van der Waals surface area (Å²) in [6.07, 6.45) is 0.294. The first-order valence-electron chi connectivity index (χ1n) is 8.37. The number of anilines is 1. The molecule has 1 unspecified atom stereocenters. The first-order valence-corrected chi connectivity index (χ1v) is 8.37. The summed E-state index contributed by atoms with van der Waals surface area (Å²) >= 11 is 0. The minimum Gasteiger partial charge on any atom is -0.326 e. The Morgan fingerprint density at radius 1 is 1.15 bits per heavy atom. The maximum atomic E-state index is 13.5. The topological polar surface area (TPSA) is 44.4 Å². The van der Waals surface area contributed by atoms with Crippen LogP contribution in [-0.2, 0) is 4.79 Å². The molecular formula is C19H22ClF2N3O. The molecule has 0 aromatic heterocycles. The molecule has 26 heavy (non-hydrogen) atoms. The zero-order chi connectivity index (χ0) is 17.6.